The number of rotatable bonds is 8. The number of primary sulfonamides is 1. The van der Waals surface area contributed by atoms with E-state index in [1.54, 1.807) is 42.5 Å². The summed E-state index contributed by atoms with van der Waals surface area (Å²) in [4.78, 5) is 0.0417. The second kappa shape index (κ2) is 9.97. The predicted octanol–water partition coefficient (Wildman–Crippen LogP) is 5.49. The molecule has 31 heavy (non-hydrogen) atoms. The van der Waals surface area contributed by atoms with Gasteiger partial charge in [-0.05, 0) is 48.0 Å². The van der Waals surface area contributed by atoms with E-state index in [-0.39, 0.29) is 11.5 Å². The molecule has 0 amide bonds. The fourth-order valence-electron chi connectivity index (χ4n) is 2.74. The van der Waals surface area contributed by atoms with E-state index in [4.69, 9.17) is 49.4 Å². The number of ether oxygens (including phenoxy) is 2. The van der Waals surface area contributed by atoms with Crippen LogP contribution in [0.2, 0.25) is 15.1 Å². The highest BCUT2D eigenvalue weighted by Crippen LogP contribution is 2.35. The molecule has 0 fully saturated rings. The lowest BCUT2D eigenvalue weighted by Crippen LogP contribution is -2.12. The van der Waals surface area contributed by atoms with Crippen molar-refractivity contribution >= 4 is 50.5 Å². The molecule has 0 aliphatic rings. The third-order valence-electron chi connectivity index (χ3n) is 4.40. The van der Waals surface area contributed by atoms with Crippen molar-refractivity contribution in [1.29, 1.82) is 0 Å². The van der Waals surface area contributed by atoms with Crippen molar-refractivity contribution < 1.29 is 17.9 Å². The summed E-state index contributed by atoms with van der Waals surface area (Å²) in [7, 11) is -2.20. The van der Waals surface area contributed by atoms with Crippen molar-refractivity contribution in [3.05, 3.63) is 80.8 Å². The van der Waals surface area contributed by atoms with Crippen LogP contribution in [0.5, 0.6) is 11.5 Å². The lowest BCUT2D eigenvalue weighted by atomic mass is 10.2. The van der Waals surface area contributed by atoms with E-state index in [2.05, 4.69) is 5.32 Å². The molecule has 0 saturated carbocycles. The van der Waals surface area contributed by atoms with Crippen LogP contribution in [0.15, 0.2) is 59.5 Å². The van der Waals surface area contributed by atoms with E-state index < -0.39 is 10.0 Å². The van der Waals surface area contributed by atoms with Crippen molar-refractivity contribution in [3.8, 4) is 11.5 Å². The van der Waals surface area contributed by atoms with Gasteiger partial charge in [-0.2, -0.15) is 0 Å². The Morgan fingerprint density at radius 3 is 2.19 bits per heavy atom. The second-order valence-electron chi connectivity index (χ2n) is 6.54. The van der Waals surface area contributed by atoms with Crippen molar-refractivity contribution in [2.24, 2.45) is 5.14 Å². The minimum Gasteiger partial charge on any atom is -0.493 e. The number of benzene rings is 3. The van der Waals surface area contributed by atoms with E-state index in [1.165, 1.54) is 19.2 Å². The van der Waals surface area contributed by atoms with E-state index in [0.29, 0.717) is 38.8 Å². The van der Waals surface area contributed by atoms with Gasteiger partial charge in [0, 0.05) is 38.9 Å². The first kappa shape index (κ1) is 23.5. The smallest absolute Gasteiger partial charge is 0.238 e. The topological polar surface area (TPSA) is 90.6 Å². The zero-order valence-corrected chi connectivity index (χ0v) is 19.4. The summed E-state index contributed by atoms with van der Waals surface area (Å²) in [5, 5.41) is 9.82. The Bertz CT molecular complexity index is 1190. The number of sulfonamides is 1. The van der Waals surface area contributed by atoms with Gasteiger partial charge < -0.3 is 14.8 Å². The highest BCUT2D eigenvalue weighted by Gasteiger charge is 2.13. The number of hydrogen-bond acceptors (Lipinski definition) is 5. The third-order valence-corrected chi connectivity index (χ3v) is 6.26. The Hall–Kier alpha value is -2.16. The Balaban J connectivity index is 1.71. The molecule has 3 rings (SSSR count). The van der Waals surface area contributed by atoms with Crippen LogP contribution in [0.1, 0.15) is 11.1 Å². The van der Waals surface area contributed by atoms with Crippen LogP contribution in [0.4, 0.5) is 5.69 Å². The summed E-state index contributed by atoms with van der Waals surface area (Å²) in [6.07, 6.45) is 0. The highest BCUT2D eigenvalue weighted by molar-refractivity contribution is 7.89. The molecule has 0 spiro atoms. The molecule has 0 aromatic heterocycles. The summed E-state index contributed by atoms with van der Waals surface area (Å²) < 4.78 is 34.0. The quantitative estimate of drug-likeness (QED) is 0.426. The number of nitrogens with one attached hydrogen (secondary N) is 1. The van der Waals surface area contributed by atoms with Crippen LogP contribution in [0.25, 0.3) is 0 Å². The van der Waals surface area contributed by atoms with E-state index in [9.17, 15) is 8.42 Å². The first-order valence-corrected chi connectivity index (χ1v) is 11.7. The lowest BCUT2D eigenvalue weighted by Gasteiger charge is -2.15. The van der Waals surface area contributed by atoms with Gasteiger partial charge in [0.2, 0.25) is 10.0 Å². The molecule has 3 N–H and O–H groups in total. The number of hydrogen-bond donors (Lipinski definition) is 2. The standard InChI is InChI=1S/C21H19Cl3N2O4S/c1-29-20-8-14(11-26-16-4-6-17(7-5-16)31(25,27)28)19(24)10-21(20)30-12-13-2-3-15(22)9-18(13)23/h2-10,26H,11-12H2,1H3,(H2,25,27,28). The van der Waals surface area contributed by atoms with Crippen molar-refractivity contribution in [1.82, 2.24) is 0 Å². The largest absolute Gasteiger partial charge is 0.493 e. The molecule has 0 heterocycles. The monoisotopic (exact) mass is 500 g/mol. The van der Waals surface area contributed by atoms with Crippen LogP contribution >= 0.6 is 34.8 Å². The first-order chi connectivity index (χ1) is 14.7. The molecule has 0 radical (unpaired) electrons. The van der Waals surface area contributed by atoms with Crippen molar-refractivity contribution in [2.75, 3.05) is 12.4 Å². The molecule has 3 aromatic rings. The molecular formula is C21H19Cl3N2O4S. The van der Waals surface area contributed by atoms with Gasteiger partial charge in [0.25, 0.3) is 0 Å². The van der Waals surface area contributed by atoms with Gasteiger partial charge in [-0.15, -0.1) is 0 Å². The average Bonchev–Trinajstić information content (AvgIpc) is 2.72. The number of anilines is 1. The summed E-state index contributed by atoms with van der Waals surface area (Å²) in [6.45, 7) is 0.601. The second-order valence-corrected chi connectivity index (χ2v) is 9.35. The first-order valence-electron chi connectivity index (χ1n) is 8.97. The fourth-order valence-corrected chi connectivity index (χ4v) is 3.94. The molecule has 0 saturated heterocycles. The Labute approximate surface area is 195 Å². The van der Waals surface area contributed by atoms with E-state index in [1.807, 2.05) is 0 Å². The molecule has 0 aliphatic carbocycles. The molecule has 0 bridgehead atoms. The van der Waals surface area contributed by atoms with Gasteiger partial charge in [-0.3, -0.25) is 0 Å². The Morgan fingerprint density at radius 1 is 0.903 bits per heavy atom. The summed E-state index contributed by atoms with van der Waals surface area (Å²) in [5.41, 5.74) is 2.25. The zero-order chi connectivity index (χ0) is 22.6. The van der Waals surface area contributed by atoms with E-state index in [0.717, 1.165) is 11.1 Å². The molecule has 0 unspecified atom stereocenters. The normalized spacial score (nSPS) is 11.3. The molecule has 0 aliphatic heterocycles. The van der Waals surface area contributed by atoms with Crippen LogP contribution in [0.3, 0.4) is 0 Å². The predicted molar refractivity (Wildman–Crippen MR) is 124 cm³/mol. The molecular weight excluding hydrogens is 483 g/mol. The van der Waals surface area contributed by atoms with Crippen LogP contribution in [-0.4, -0.2) is 15.5 Å². The SMILES string of the molecule is COc1cc(CNc2ccc(S(N)(=O)=O)cc2)c(Cl)cc1OCc1ccc(Cl)cc1Cl. The molecule has 164 valence electrons. The number of halogens is 3. The average molecular weight is 502 g/mol. The van der Waals surface area contributed by atoms with Crippen LogP contribution < -0.4 is 19.9 Å². The Morgan fingerprint density at radius 2 is 1.58 bits per heavy atom. The van der Waals surface area contributed by atoms with Gasteiger partial charge in [0.05, 0.1) is 12.0 Å². The van der Waals surface area contributed by atoms with Gasteiger partial charge in [0.15, 0.2) is 11.5 Å². The van der Waals surface area contributed by atoms with Crippen molar-refractivity contribution in [2.45, 2.75) is 18.0 Å². The summed E-state index contributed by atoms with van der Waals surface area (Å²) >= 11 is 18.5. The highest BCUT2D eigenvalue weighted by atomic mass is 35.5. The summed E-state index contributed by atoms with van der Waals surface area (Å²) in [6, 6.07) is 14.7. The van der Waals surface area contributed by atoms with Gasteiger partial charge in [0.1, 0.15) is 6.61 Å². The Kier molecular flexibility index (Phi) is 7.56. The molecule has 0 atom stereocenters. The number of nitrogens with two attached hydrogens (primary N) is 1. The fraction of sp³-hybridized carbons (Fsp3) is 0.143. The van der Waals surface area contributed by atoms with Crippen molar-refractivity contribution in [3.63, 3.8) is 0 Å². The molecule has 3 aromatic carbocycles. The van der Waals surface area contributed by atoms with Crippen LogP contribution in [-0.2, 0) is 23.2 Å². The third kappa shape index (κ3) is 6.18. The lowest BCUT2D eigenvalue weighted by molar-refractivity contribution is 0.284. The summed E-state index contributed by atoms with van der Waals surface area (Å²) in [5.74, 6) is 0.982. The molecule has 6 nitrogen and oxygen atoms in total. The minimum absolute atomic E-state index is 0.0417. The van der Waals surface area contributed by atoms with Gasteiger partial charge in [-0.25, -0.2) is 13.6 Å². The maximum Gasteiger partial charge on any atom is 0.238 e. The molecule has 10 heteroatoms. The zero-order valence-electron chi connectivity index (χ0n) is 16.4. The maximum atomic E-state index is 11.3. The van der Waals surface area contributed by atoms with Gasteiger partial charge in [-0.1, -0.05) is 40.9 Å². The van der Waals surface area contributed by atoms with Crippen LogP contribution in [0, 0.1) is 0 Å². The number of methoxy groups -OCH3 is 1. The minimum atomic E-state index is -3.73. The maximum absolute atomic E-state index is 11.3. The van der Waals surface area contributed by atoms with Gasteiger partial charge >= 0.3 is 0 Å². The van der Waals surface area contributed by atoms with E-state index >= 15 is 0 Å².